The van der Waals surface area contributed by atoms with Crippen LogP contribution in [-0.4, -0.2) is 40.0 Å². The average Bonchev–Trinajstić information content (AvgIpc) is 2.40. The highest BCUT2D eigenvalue weighted by Crippen LogP contribution is 2.20. The monoisotopic (exact) mass is 311 g/mol. The summed E-state index contributed by atoms with van der Waals surface area (Å²) in [7, 11) is -1.33. The molecule has 1 aromatic rings. The first-order valence-corrected chi connectivity index (χ1v) is 8.90. The van der Waals surface area contributed by atoms with E-state index in [1.165, 1.54) is 6.07 Å². The molecular formula is C15H25N3O2S. The van der Waals surface area contributed by atoms with E-state index in [1.807, 2.05) is 6.92 Å². The first-order chi connectivity index (χ1) is 9.87. The summed E-state index contributed by atoms with van der Waals surface area (Å²) in [5.41, 5.74) is 7.05. The van der Waals surface area contributed by atoms with Gasteiger partial charge >= 0.3 is 0 Å². The Labute approximate surface area is 127 Å². The van der Waals surface area contributed by atoms with E-state index in [1.54, 1.807) is 12.1 Å². The van der Waals surface area contributed by atoms with E-state index in [4.69, 9.17) is 5.73 Å². The van der Waals surface area contributed by atoms with Crippen LogP contribution in [-0.2, 0) is 10.0 Å². The molecular weight excluding hydrogens is 286 g/mol. The number of sulfonamides is 1. The highest BCUT2D eigenvalue weighted by atomic mass is 32.2. The van der Waals surface area contributed by atoms with Crippen molar-refractivity contribution in [3.8, 4) is 0 Å². The summed E-state index contributed by atoms with van der Waals surface area (Å²) in [5.74, 6) is 0.617. The molecule has 0 amide bonds. The molecule has 0 aliphatic carbocycles. The molecule has 0 bridgehead atoms. The summed E-state index contributed by atoms with van der Waals surface area (Å²) in [4.78, 5) is 2.57. The van der Waals surface area contributed by atoms with Crippen LogP contribution in [0.25, 0.3) is 0 Å². The maximum atomic E-state index is 12.3. The molecule has 0 unspecified atom stereocenters. The molecule has 1 fully saturated rings. The summed E-state index contributed by atoms with van der Waals surface area (Å²) < 4.78 is 27.2. The van der Waals surface area contributed by atoms with Crippen LogP contribution in [0.5, 0.6) is 0 Å². The van der Waals surface area contributed by atoms with Crippen molar-refractivity contribution < 1.29 is 8.42 Å². The summed E-state index contributed by atoms with van der Waals surface area (Å²) >= 11 is 0. The van der Waals surface area contributed by atoms with Crippen LogP contribution in [0.4, 0.5) is 5.69 Å². The second-order valence-electron chi connectivity index (χ2n) is 6.01. The third kappa shape index (κ3) is 4.69. The normalized spacial score (nSPS) is 18.0. The predicted octanol–water partition coefficient (Wildman–Crippen LogP) is 1.59. The smallest absolute Gasteiger partial charge is 0.240 e. The average molecular weight is 311 g/mol. The number of nitrogens with two attached hydrogens (primary N) is 1. The maximum Gasteiger partial charge on any atom is 0.240 e. The van der Waals surface area contributed by atoms with Crippen molar-refractivity contribution >= 4 is 15.7 Å². The number of rotatable bonds is 5. The highest BCUT2D eigenvalue weighted by Gasteiger charge is 2.19. The number of nitrogens with one attached hydrogen (secondary N) is 1. The van der Waals surface area contributed by atoms with E-state index in [-0.39, 0.29) is 4.90 Å². The minimum absolute atomic E-state index is 0.253. The molecule has 1 heterocycles. The van der Waals surface area contributed by atoms with Crippen LogP contribution >= 0.6 is 0 Å². The fraction of sp³-hybridized carbons (Fsp3) is 0.600. The lowest BCUT2D eigenvalue weighted by Crippen LogP contribution is -2.32. The SMILES string of the molecule is Cc1cc(N)cc(S(=O)(=O)NCCC2CCN(C)CC2)c1. The number of hydrogen-bond acceptors (Lipinski definition) is 4. The number of nitrogen functional groups attached to an aromatic ring is 1. The van der Waals surface area contributed by atoms with Gasteiger partial charge in [-0.1, -0.05) is 0 Å². The van der Waals surface area contributed by atoms with E-state index in [2.05, 4.69) is 16.7 Å². The van der Waals surface area contributed by atoms with Gasteiger partial charge in [0.15, 0.2) is 0 Å². The molecule has 0 aromatic heterocycles. The van der Waals surface area contributed by atoms with E-state index >= 15 is 0 Å². The Balaban J connectivity index is 1.89. The molecule has 1 saturated heterocycles. The molecule has 21 heavy (non-hydrogen) atoms. The zero-order valence-corrected chi connectivity index (χ0v) is 13.6. The van der Waals surface area contributed by atoms with Gasteiger partial charge in [0.2, 0.25) is 10.0 Å². The number of benzene rings is 1. The number of anilines is 1. The van der Waals surface area contributed by atoms with Crippen molar-refractivity contribution in [3.05, 3.63) is 23.8 Å². The number of aryl methyl sites for hydroxylation is 1. The minimum atomic E-state index is -3.46. The van der Waals surface area contributed by atoms with Gasteiger partial charge in [-0.25, -0.2) is 13.1 Å². The van der Waals surface area contributed by atoms with Crippen molar-refractivity contribution in [1.29, 1.82) is 0 Å². The number of hydrogen-bond donors (Lipinski definition) is 2. The van der Waals surface area contributed by atoms with Crippen LogP contribution in [0.1, 0.15) is 24.8 Å². The maximum absolute atomic E-state index is 12.3. The Kier molecular flexibility index (Phi) is 5.24. The second kappa shape index (κ2) is 6.77. The zero-order chi connectivity index (χ0) is 15.5. The highest BCUT2D eigenvalue weighted by molar-refractivity contribution is 7.89. The van der Waals surface area contributed by atoms with Gasteiger partial charge < -0.3 is 10.6 Å². The summed E-state index contributed by atoms with van der Waals surface area (Å²) in [6.45, 7) is 4.54. The van der Waals surface area contributed by atoms with Crippen molar-refractivity contribution in [2.24, 2.45) is 5.92 Å². The Morgan fingerprint density at radius 3 is 2.57 bits per heavy atom. The lowest BCUT2D eigenvalue weighted by molar-refractivity contribution is 0.213. The molecule has 0 atom stereocenters. The molecule has 0 radical (unpaired) electrons. The van der Waals surface area contributed by atoms with E-state index in [0.29, 0.717) is 18.2 Å². The van der Waals surface area contributed by atoms with Gasteiger partial charge in [0, 0.05) is 12.2 Å². The molecule has 6 heteroatoms. The van der Waals surface area contributed by atoms with Gasteiger partial charge in [-0.15, -0.1) is 0 Å². The summed E-state index contributed by atoms with van der Waals surface area (Å²) in [6, 6.07) is 4.91. The molecule has 1 aromatic carbocycles. The predicted molar refractivity (Wildman–Crippen MR) is 85.6 cm³/mol. The van der Waals surface area contributed by atoms with E-state index in [0.717, 1.165) is 37.9 Å². The first-order valence-electron chi connectivity index (χ1n) is 7.42. The largest absolute Gasteiger partial charge is 0.399 e. The minimum Gasteiger partial charge on any atom is -0.399 e. The lowest BCUT2D eigenvalue weighted by atomic mass is 9.94. The second-order valence-corrected chi connectivity index (χ2v) is 7.78. The van der Waals surface area contributed by atoms with Crippen LogP contribution in [0.3, 0.4) is 0 Å². The van der Waals surface area contributed by atoms with Gasteiger partial charge in [-0.05, 0) is 76.0 Å². The van der Waals surface area contributed by atoms with E-state index in [9.17, 15) is 8.42 Å². The lowest BCUT2D eigenvalue weighted by Gasteiger charge is -2.28. The van der Waals surface area contributed by atoms with Crippen LogP contribution in [0.15, 0.2) is 23.1 Å². The van der Waals surface area contributed by atoms with Crippen LogP contribution in [0, 0.1) is 12.8 Å². The topological polar surface area (TPSA) is 75.4 Å². The number of likely N-dealkylation sites (tertiary alicyclic amines) is 1. The molecule has 1 aliphatic rings. The number of nitrogens with zero attached hydrogens (tertiary/aromatic N) is 1. The molecule has 5 nitrogen and oxygen atoms in total. The van der Waals surface area contributed by atoms with E-state index < -0.39 is 10.0 Å². The molecule has 118 valence electrons. The first kappa shape index (κ1) is 16.3. The number of piperidine rings is 1. The van der Waals surface area contributed by atoms with Crippen molar-refractivity contribution in [1.82, 2.24) is 9.62 Å². The Bertz CT molecular complexity index is 558. The molecule has 3 N–H and O–H groups in total. The summed E-state index contributed by atoms with van der Waals surface area (Å²) in [5, 5.41) is 0. The van der Waals surface area contributed by atoms with Crippen LogP contribution < -0.4 is 10.5 Å². The third-order valence-corrected chi connectivity index (χ3v) is 5.51. The Hall–Kier alpha value is -1.11. The van der Waals surface area contributed by atoms with Crippen molar-refractivity contribution in [3.63, 3.8) is 0 Å². The molecule has 1 aliphatic heterocycles. The van der Waals surface area contributed by atoms with Gasteiger partial charge in [0.1, 0.15) is 0 Å². The van der Waals surface area contributed by atoms with Crippen molar-refractivity contribution in [2.75, 3.05) is 32.4 Å². The van der Waals surface area contributed by atoms with Gasteiger partial charge in [0.25, 0.3) is 0 Å². The molecule has 2 rings (SSSR count). The standard InChI is InChI=1S/C15H25N3O2S/c1-12-9-14(16)11-15(10-12)21(19,20)17-6-3-13-4-7-18(2)8-5-13/h9-11,13,17H,3-8,16H2,1-2H3. The Morgan fingerprint density at radius 2 is 1.95 bits per heavy atom. The third-order valence-electron chi connectivity index (χ3n) is 4.07. The van der Waals surface area contributed by atoms with Crippen molar-refractivity contribution in [2.45, 2.75) is 31.1 Å². The van der Waals surface area contributed by atoms with Gasteiger partial charge in [-0.3, -0.25) is 0 Å². The fourth-order valence-corrected chi connectivity index (χ4v) is 3.95. The zero-order valence-electron chi connectivity index (χ0n) is 12.8. The summed E-state index contributed by atoms with van der Waals surface area (Å²) in [6.07, 6.45) is 3.19. The van der Waals surface area contributed by atoms with Gasteiger partial charge in [0.05, 0.1) is 4.90 Å². The van der Waals surface area contributed by atoms with Gasteiger partial charge in [-0.2, -0.15) is 0 Å². The fourth-order valence-electron chi connectivity index (χ4n) is 2.76. The molecule has 0 spiro atoms. The quantitative estimate of drug-likeness (QED) is 0.810. The van der Waals surface area contributed by atoms with Crippen LogP contribution in [0.2, 0.25) is 0 Å². The Morgan fingerprint density at radius 1 is 1.29 bits per heavy atom. The molecule has 0 saturated carbocycles.